The Morgan fingerprint density at radius 2 is 2.00 bits per heavy atom. The average Bonchev–Trinajstić information content (AvgIpc) is 2.95. The highest BCUT2D eigenvalue weighted by Crippen LogP contribution is 2.26. The van der Waals surface area contributed by atoms with Crippen molar-refractivity contribution in [1.29, 1.82) is 0 Å². The molecule has 0 aliphatic carbocycles. The van der Waals surface area contributed by atoms with Crippen LogP contribution in [0.5, 0.6) is 0 Å². The molecule has 1 aromatic heterocycles. The smallest absolute Gasteiger partial charge is 0.318 e. The van der Waals surface area contributed by atoms with Crippen LogP contribution in [0.15, 0.2) is 34.9 Å². The molecule has 0 amide bonds. The predicted octanol–water partition coefficient (Wildman–Crippen LogP) is 3.43. The molecule has 112 valence electrons. The molecule has 5 heteroatoms. The number of rotatable bonds is 6. The minimum Gasteiger partial charge on any atom is -0.465 e. The summed E-state index contributed by atoms with van der Waals surface area (Å²) in [5.41, 5.74) is 0.861. The lowest BCUT2D eigenvalue weighted by atomic mass is 9.97. The van der Waals surface area contributed by atoms with Crippen molar-refractivity contribution in [2.75, 3.05) is 6.61 Å². The maximum atomic E-state index is 12.1. The van der Waals surface area contributed by atoms with Gasteiger partial charge >= 0.3 is 5.97 Å². The molecule has 0 aliphatic heterocycles. The van der Waals surface area contributed by atoms with E-state index in [1.807, 2.05) is 44.2 Å². The first kappa shape index (κ1) is 15.2. The van der Waals surface area contributed by atoms with E-state index in [-0.39, 0.29) is 5.97 Å². The van der Waals surface area contributed by atoms with Gasteiger partial charge in [0.2, 0.25) is 11.7 Å². The standard InChI is InChI=1S/C16H20N2O3/c1-4-20-16(19)13(10-11(2)3)15-17-14(18-21-15)12-8-6-5-7-9-12/h5-9,11,13H,4,10H2,1-3H3. The molecular weight excluding hydrogens is 268 g/mol. The molecule has 0 saturated carbocycles. The Kier molecular flexibility index (Phi) is 5.09. The molecule has 0 bridgehead atoms. The van der Waals surface area contributed by atoms with Crippen LogP contribution in [0.25, 0.3) is 11.4 Å². The Morgan fingerprint density at radius 3 is 2.62 bits per heavy atom. The Labute approximate surface area is 124 Å². The fourth-order valence-corrected chi connectivity index (χ4v) is 2.09. The van der Waals surface area contributed by atoms with Crippen LogP contribution < -0.4 is 0 Å². The second-order valence-electron chi connectivity index (χ2n) is 5.26. The normalized spacial score (nSPS) is 12.4. The van der Waals surface area contributed by atoms with E-state index in [9.17, 15) is 4.79 Å². The minimum absolute atomic E-state index is 0.311. The number of ether oxygens (including phenoxy) is 1. The van der Waals surface area contributed by atoms with Gasteiger partial charge in [0.05, 0.1) is 6.61 Å². The van der Waals surface area contributed by atoms with Crippen LogP contribution in [0.4, 0.5) is 0 Å². The van der Waals surface area contributed by atoms with E-state index < -0.39 is 5.92 Å². The van der Waals surface area contributed by atoms with Gasteiger partial charge in [-0.05, 0) is 19.3 Å². The molecule has 21 heavy (non-hydrogen) atoms. The van der Waals surface area contributed by atoms with Crippen LogP contribution in [0.3, 0.4) is 0 Å². The maximum absolute atomic E-state index is 12.1. The first-order chi connectivity index (χ1) is 10.1. The number of benzene rings is 1. The molecule has 0 spiro atoms. The quantitative estimate of drug-likeness (QED) is 0.762. The van der Waals surface area contributed by atoms with E-state index in [1.165, 1.54) is 0 Å². The number of hydrogen-bond acceptors (Lipinski definition) is 5. The number of carbonyl (C=O) groups excluding carboxylic acids is 1. The molecule has 0 saturated heterocycles. The lowest BCUT2D eigenvalue weighted by molar-refractivity contribution is -0.146. The Morgan fingerprint density at radius 1 is 1.29 bits per heavy atom. The zero-order valence-electron chi connectivity index (χ0n) is 12.6. The van der Waals surface area contributed by atoms with E-state index >= 15 is 0 Å². The third kappa shape index (κ3) is 3.90. The Bertz CT molecular complexity index is 578. The molecule has 1 aromatic carbocycles. The fourth-order valence-electron chi connectivity index (χ4n) is 2.09. The van der Waals surface area contributed by atoms with Gasteiger partial charge in [0.25, 0.3) is 0 Å². The van der Waals surface area contributed by atoms with E-state index in [0.717, 1.165) is 5.56 Å². The summed E-state index contributed by atoms with van der Waals surface area (Å²) in [5, 5.41) is 3.96. The highest BCUT2D eigenvalue weighted by molar-refractivity contribution is 5.77. The summed E-state index contributed by atoms with van der Waals surface area (Å²) in [7, 11) is 0. The van der Waals surface area contributed by atoms with Crippen LogP contribution in [0, 0.1) is 5.92 Å². The number of carbonyl (C=O) groups is 1. The van der Waals surface area contributed by atoms with Crippen LogP contribution in [0.2, 0.25) is 0 Å². The van der Waals surface area contributed by atoms with Crippen molar-refractivity contribution in [3.05, 3.63) is 36.2 Å². The molecule has 0 fully saturated rings. The van der Waals surface area contributed by atoms with Crippen LogP contribution in [0.1, 0.15) is 39.0 Å². The van der Waals surface area contributed by atoms with E-state index in [4.69, 9.17) is 9.26 Å². The second kappa shape index (κ2) is 7.02. The van der Waals surface area contributed by atoms with Crippen molar-refractivity contribution in [3.8, 4) is 11.4 Å². The summed E-state index contributed by atoms with van der Waals surface area (Å²) >= 11 is 0. The van der Waals surface area contributed by atoms with Crippen molar-refractivity contribution in [1.82, 2.24) is 10.1 Å². The van der Waals surface area contributed by atoms with E-state index in [1.54, 1.807) is 6.92 Å². The number of hydrogen-bond donors (Lipinski definition) is 0. The van der Waals surface area contributed by atoms with Crippen LogP contribution >= 0.6 is 0 Å². The van der Waals surface area contributed by atoms with Gasteiger partial charge < -0.3 is 9.26 Å². The number of aromatic nitrogens is 2. The third-order valence-electron chi connectivity index (χ3n) is 3.05. The zero-order chi connectivity index (χ0) is 15.2. The largest absolute Gasteiger partial charge is 0.465 e. The fraction of sp³-hybridized carbons (Fsp3) is 0.438. The summed E-state index contributed by atoms with van der Waals surface area (Å²) in [6, 6.07) is 9.53. The molecule has 2 rings (SSSR count). The van der Waals surface area contributed by atoms with Gasteiger partial charge in [-0.3, -0.25) is 4.79 Å². The van der Waals surface area contributed by atoms with Gasteiger partial charge in [0.15, 0.2) is 0 Å². The van der Waals surface area contributed by atoms with Gasteiger partial charge in [-0.1, -0.05) is 49.3 Å². The highest BCUT2D eigenvalue weighted by atomic mass is 16.5. The topological polar surface area (TPSA) is 65.2 Å². The molecule has 1 atom stereocenters. The van der Waals surface area contributed by atoms with Crippen molar-refractivity contribution >= 4 is 5.97 Å². The summed E-state index contributed by atoms with van der Waals surface area (Å²) in [5.74, 6) is 0.320. The summed E-state index contributed by atoms with van der Waals surface area (Å²) in [6.45, 7) is 6.21. The monoisotopic (exact) mass is 288 g/mol. The minimum atomic E-state index is -0.505. The summed E-state index contributed by atoms with van der Waals surface area (Å²) in [6.07, 6.45) is 0.620. The Hall–Kier alpha value is -2.17. The lowest BCUT2D eigenvalue weighted by Gasteiger charge is -2.13. The Balaban J connectivity index is 2.25. The number of nitrogens with zero attached hydrogens (tertiary/aromatic N) is 2. The molecule has 5 nitrogen and oxygen atoms in total. The SMILES string of the molecule is CCOC(=O)C(CC(C)C)c1nc(-c2ccccc2)no1. The molecule has 0 N–H and O–H groups in total. The van der Waals surface area contributed by atoms with Crippen LogP contribution in [-0.2, 0) is 9.53 Å². The van der Waals surface area contributed by atoms with Gasteiger partial charge in [0, 0.05) is 5.56 Å². The van der Waals surface area contributed by atoms with Crippen molar-refractivity contribution < 1.29 is 14.1 Å². The first-order valence-electron chi connectivity index (χ1n) is 7.17. The average molecular weight is 288 g/mol. The summed E-state index contributed by atoms with van der Waals surface area (Å²) in [4.78, 5) is 16.4. The summed E-state index contributed by atoms with van der Waals surface area (Å²) < 4.78 is 10.4. The molecule has 1 heterocycles. The molecule has 2 aromatic rings. The van der Waals surface area contributed by atoms with Gasteiger partial charge in [-0.25, -0.2) is 0 Å². The van der Waals surface area contributed by atoms with Gasteiger partial charge in [-0.2, -0.15) is 4.98 Å². The van der Waals surface area contributed by atoms with Crippen molar-refractivity contribution in [2.45, 2.75) is 33.1 Å². The third-order valence-corrected chi connectivity index (χ3v) is 3.05. The van der Waals surface area contributed by atoms with E-state index in [2.05, 4.69) is 10.1 Å². The van der Waals surface area contributed by atoms with E-state index in [0.29, 0.717) is 30.7 Å². The van der Waals surface area contributed by atoms with Crippen molar-refractivity contribution in [3.63, 3.8) is 0 Å². The van der Waals surface area contributed by atoms with Crippen molar-refractivity contribution in [2.24, 2.45) is 5.92 Å². The molecule has 0 radical (unpaired) electrons. The highest BCUT2D eigenvalue weighted by Gasteiger charge is 2.29. The van der Waals surface area contributed by atoms with Gasteiger partial charge in [0.1, 0.15) is 5.92 Å². The van der Waals surface area contributed by atoms with Crippen LogP contribution in [-0.4, -0.2) is 22.7 Å². The molecular formula is C16H20N2O3. The molecule has 0 aliphatic rings. The number of esters is 1. The lowest BCUT2D eigenvalue weighted by Crippen LogP contribution is -2.18. The predicted molar refractivity (Wildman–Crippen MR) is 78.6 cm³/mol. The zero-order valence-corrected chi connectivity index (χ0v) is 12.6. The second-order valence-corrected chi connectivity index (χ2v) is 5.26. The molecule has 1 unspecified atom stereocenters. The van der Waals surface area contributed by atoms with Gasteiger partial charge in [-0.15, -0.1) is 0 Å². The first-order valence-corrected chi connectivity index (χ1v) is 7.17. The maximum Gasteiger partial charge on any atom is 0.318 e.